The molecule has 0 aliphatic carbocycles. The van der Waals surface area contributed by atoms with Crippen LogP contribution in [0.1, 0.15) is 39.1 Å². The summed E-state index contributed by atoms with van der Waals surface area (Å²) in [7, 11) is 0. The lowest BCUT2D eigenvalue weighted by atomic mass is 10.0. The van der Waals surface area contributed by atoms with E-state index in [2.05, 4.69) is 16.2 Å². The largest absolute Gasteiger partial charge is 0.368 e. The number of carbonyl (C=O) groups excluding carboxylic acids is 3. The Hall–Kier alpha value is -4.56. The molecule has 1 unspecified atom stereocenters. The fourth-order valence-corrected chi connectivity index (χ4v) is 4.23. The van der Waals surface area contributed by atoms with Crippen molar-refractivity contribution in [1.29, 1.82) is 0 Å². The van der Waals surface area contributed by atoms with Gasteiger partial charge in [-0.3, -0.25) is 25.2 Å². The lowest BCUT2D eigenvalue weighted by molar-refractivity contribution is -0.124. The summed E-state index contributed by atoms with van der Waals surface area (Å²) in [4.78, 5) is 43.0. The Bertz CT molecular complexity index is 1480. The Labute approximate surface area is 214 Å². The quantitative estimate of drug-likeness (QED) is 0.356. The van der Waals surface area contributed by atoms with Crippen molar-refractivity contribution in [3.05, 3.63) is 95.6 Å². The summed E-state index contributed by atoms with van der Waals surface area (Å²) in [5.74, 6) is -1.22. The summed E-state index contributed by atoms with van der Waals surface area (Å²) in [6, 6.07) is 23.5. The Kier molecular flexibility index (Phi) is 6.91. The first-order valence-electron chi connectivity index (χ1n) is 12.1. The fraction of sp³-hybridized carbons (Fsp3) is 0.172. The van der Waals surface area contributed by atoms with Gasteiger partial charge in [-0.1, -0.05) is 54.1 Å². The standard InChI is InChI=1S/C29H26N4O4/c1-18-11-13-19(14-12-18)25-17-23(22-8-2-3-9-24(22)31-25)28(35)33-32-27(34)20-6-4-7-21(16-20)30-29(36)26-10-5-15-37-26/h2-4,6-9,11-14,16-17,26H,5,10,15H2,1H3,(H,30,36)(H,32,34)(H,33,35). The first kappa shape index (κ1) is 24.1. The predicted molar refractivity (Wildman–Crippen MR) is 141 cm³/mol. The van der Waals surface area contributed by atoms with Crippen LogP contribution in [0.4, 0.5) is 5.69 Å². The van der Waals surface area contributed by atoms with Crippen LogP contribution in [0.25, 0.3) is 22.2 Å². The van der Waals surface area contributed by atoms with E-state index in [1.807, 2.05) is 55.5 Å². The highest BCUT2D eigenvalue weighted by Gasteiger charge is 2.23. The van der Waals surface area contributed by atoms with Crippen molar-refractivity contribution in [2.24, 2.45) is 0 Å². The van der Waals surface area contributed by atoms with Gasteiger partial charge in [-0.2, -0.15) is 0 Å². The van der Waals surface area contributed by atoms with Crippen LogP contribution in [0, 0.1) is 6.92 Å². The number of aromatic nitrogens is 1. The highest BCUT2D eigenvalue weighted by molar-refractivity contribution is 6.08. The second-order valence-corrected chi connectivity index (χ2v) is 8.92. The summed E-state index contributed by atoms with van der Waals surface area (Å²) in [5.41, 5.74) is 9.46. The molecule has 1 aromatic heterocycles. The second-order valence-electron chi connectivity index (χ2n) is 8.92. The van der Waals surface area contributed by atoms with Crippen molar-refractivity contribution in [2.45, 2.75) is 25.9 Å². The van der Waals surface area contributed by atoms with Crippen molar-refractivity contribution in [3.8, 4) is 11.3 Å². The van der Waals surface area contributed by atoms with E-state index in [-0.39, 0.29) is 11.5 Å². The average molecular weight is 495 g/mol. The lowest BCUT2D eigenvalue weighted by Gasteiger charge is -2.13. The van der Waals surface area contributed by atoms with Crippen LogP contribution >= 0.6 is 0 Å². The summed E-state index contributed by atoms with van der Waals surface area (Å²) < 4.78 is 5.40. The van der Waals surface area contributed by atoms with Crippen molar-refractivity contribution < 1.29 is 19.1 Å². The van der Waals surface area contributed by atoms with E-state index in [0.717, 1.165) is 17.5 Å². The first-order chi connectivity index (χ1) is 18.0. The topological polar surface area (TPSA) is 109 Å². The molecule has 3 N–H and O–H groups in total. The number of pyridine rings is 1. The number of hydrogen-bond acceptors (Lipinski definition) is 5. The van der Waals surface area contributed by atoms with E-state index in [4.69, 9.17) is 9.72 Å². The number of aryl methyl sites for hydroxylation is 1. The Morgan fingerprint density at radius 1 is 0.892 bits per heavy atom. The highest BCUT2D eigenvalue weighted by Crippen LogP contribution is 2.25. The molecule has 0 spiro atoms. The molecule has 3 amide bonds. The highest BCUT2D eigenvalue weighted by atomic mass is 16.5. The molecule has 4 aromatic rings. The first-order valence-corrected chi connectivity index (χ1v) is 12.1. The van der Waals surface area contributed by atoms with Crippen LogP contribution in [0.15, 0.2) is 78.9 Å². The molecule has 0 radical (unpaired) electrons. The van der Waals surface area contributed by atoms with Gasteiger partial charge >= 0.3 is 0 Å². The Morgan fingerprint density at radius 3 is 2.46 bits per heavy atom. The molecule has 0 saturated carbocycles. The number of hydrazine groups is 1. The molecule has 37 heavy (non-hydrogen) atoms. The van der Waals surface area contributed by atoms with E-state index in [1.165, 1.54) is 0 Å². The molecule has 1 atom stereocenters. The zero-order chi connectivity index (χ0) is 25.8. The molecule has 5 rings (SSSR count). The van der Waals surface area contributed by atoms with E-state index in [0.29, 0.717) is 40.9 Å². The molecule has 8 heteroatoms. The zero-order valence-corrected chi connectivity index (χ0v) is 20.3. The number of nitrogens with zero attached hydrogens (tertiary/aromatic N) is 1. The van der Waals surface area contributed by atoms with Gasteiger partial charge in [-0.25, -0.2) is 4.98 Å². The minimum absolute atomic E-state index is 0.239. The number of rotatable bonds is 5. The summed E-state index contributed by atoms with van der Waals surface area (Å²) in [5, 5.41) is 3.45. The smallest absolute Gasteiger partial charge is 0.270 e. The third kappa shape index (κ3) is 5.49. The molecule has 8 nitrogen and oxygen atoms in total. The predicted octanol–water partition coefficient (Wildman–Crippen LogP) is 4.40. The van der Waals surface area contributed by atoms with Gasteiger partial charge in [0.05, 0.1) is 16.8 Å². The Morgan fingerprint density at radius 2 is 1.68 bits per heavy atom. The normalized spacial score (nSPS) is 14.8. The lowest BCUT2D eigenvalue weighted by Crippen LogP contribution is -2.41. The van der Waals surface area contributed by atoms with E-state index in [1.54, 1.807) is 30.3 Å². The second kappa shape index (κ2) is 10.6. The summed E-state index contributed by atoms with van der Waals surface area (Å²) in [6.07, 6.45) is 1.05. The van der Waals surface area contributed by atoms with Gasteiger partial charge in [-0.05, 0) is 50.1 Å². The van der Waals surface area contributed by atoms with E-state index < -0.39 is 17.9 Å². The molecule has 186 valence electrons. The number of benzene rings is 3. The molecule has 1 saturated heterocycles. The zero-order valence-electron chi connectivity index (χ0n) is 20.3. The minimum Gasteiger partial charge on any atom is -0.368 e. The Balaban J connectivity index is 1.31. The third-order valence-electron chi connectivity index (χ3n) is 6.21. The van der Waals surface area contributed by atoms with Crippen molar-refractivity contribution >= 4 is 34.3 Å². The van der Waals surface area contributed by atoms with Gasteiger partial charge in [-0.15, -0.1) is 0 Å². The molecule has 2 heterocycles. The monoisotopic (exact) mass is 494 g/mol. The van der Waals surface area contributed by atoms with E-state index >= 15 is 0 Å². The van der Waals surface area contributed by atoms with Crippen LogP contribution in [0.5, 0.6) is 0 Å². The number of amides is 3. The SMILES string of the molecule is Cc1ccc(-c2cc(C(=O)NNC(=O)c3cccc(NC(=O)C4CCCO4)c3)c3ccccc3n2)cc1. The molecule has 1 aliphatic rings. The van der Waals surface area contributed by atoms with Crippen molar-refractivity contribution in [3.63, 3.8) is 0 Å². The maximum absolute atomic E-state index is 13.2. The molecular weight excluding hydrogens is 468 g/mol. The number of carbonyl (C=O) groups is 3. The molecular formula is C29H26N4O4. The number of anilines is 1. The van der Waals surface area contributed by atoms with Gasteiger partial charge < -0.3 is 10.1 Å². The van der Waals surface area contributed by atoms with Crippen LogP contribution in [-0.4, -0.2) is 35.4 Å². The molecule has 1 fully saturated rings. The number of fused-ring (bicyclic) bond motifs is 1. The van der Waals surface area contributed by atoms with Gasteiger partial charge in [0.2, 0.25) is 0 Å². The fourth-order valence-electron chi connectivity index (χ4n) is 4.23. The van der Waals surface area contributed by atoms with Gasteiger partial charge in [0, 0.05) is 28.8 Å². The van der Waals surface area contributed by atoms with Gasteiger partial charge in [0.15, 0.2) is 0 Å². The van der Waals surface area contributed by atoms with Gasteiger partial charge in [0.25, 0.3) is 17.7 Å². The van der Waals surface area contributed by atoms with E-state index in [9.17, 15) is 14.4 Å². The van der Waals surface area contributed by atoms with Gasteiger partial charge in [0.1, 0.15) is 6.10 Å². The third-order valence-corrected chi connectivity index (χ3v) is 6.21. The summed E-state index contributed by atoms with van der Waals surface area (Å²) in [6.45, 7) is 2.58. The maximum atomic E-state index is 13.2. The molecule has 0 bridgehead atoms. The van der Waals surface area contributed by atoms with Crippen molar-refractivity contribution in [1.82, 2.24) is 15.8 Å². The number of nitrogens with one attached hydrogen (secondary N) is 3. The minimum atomic E-state index is -0.515. The number of ether oxygens (including phenoxy) is 1. The van der Waals surface area contributed by atoms with Crippen LogP contribution in [0.3, 0.4) is 0 Å². The van der Waals surface area contributed by atoms with Crippen LogP contribution < -0.4 is 16.2 Å². The average Bonchev–Trinajstić information content (AvgIpc) is 3.47. The number of para-hydroxylation sites is 1. The maximum Gasteiger partial charge on any atom is 0.270 e. The number of hydrogen-bond donors (Lipinski definition) is 3. The van der Waals surface area contributed by atoms with Crippen LogP contribution in [0.2, 0.25) is 0 Å². The van der Waals surface area contributed by atoms with Crippen molar-refractivity contribution in [2.75, 3.05) is 11.9 Å². The molecule has 1 aliphatic heterocycles. The van der Waals surface area contributed by atoms with Crippen LogP contribution in [-0.2, 0) is 9.53 Å². The summed E-state index contributed by atoms with van der Waals surface area (Å²) >= 11 is 0. The molecule has 3 aromatic carbocycles.